The van der Waals surface area contributed by atoms with Gasteiger partial charge in [0.25, 0.3) is 11.8 Å². The molecule has 10 rings (SSSR count). The summed E-state index contributed by atoms with van der Waals surface area (Å²) in [6.45, 7) is 13.1. The number of hydrogen-bond donors (Lipinski definition) is 0. The van der Waals surface area contributed by atoms with E-state index in [9.17, 15) is 9.59 Å². The first-order chi connectivity index (χ1) is 31.2. The molecule has 324 valence electrons. The number of fused-ring (bicyclic) bond motifs is 5. The van der Waals surface area contributed by atoms with Gasteiger partial charge in [-0.2, -0.15) is 0 Å². The fourth-order valence-electron chi connectivity index (χ4n) is 11.2. The van der Waals surface area contributed by atoms with Gasteiger partial charge in [-0.15, -0.1) is 0 Å². The Morgan fingerprint density at radius 3 is 1.44 bits per heavy atom. The molecule has 0 spiro atoms. The Kier molecular flexibility index (Phi) is 11.3. The van der Waals surface area contributed by atoms with E-state index in [-0.39, 0.29) is 23.7 Å². The summed E-state index contributed by atoms with van der Waals surface area (Å²) in [6.07, 6.45) is 15.0. The van der Waals surface area contributed by atoms with Crippen LogP contribution in [0.3, 0.4) is 0 Å². The molecule has 1 aromatic heterocycles. The summed E-state index contributed by atoms with van der Waals surface area (Å²) in [7, 11) is 0. The number of benzene rings is 8. The van der Waals surface area contributed by atoms with Crippen LogP contribution in [-0.2, 0) is 12.8 Å². The van der Waals surface area contributed by atoms with Gasteiger partial charge in [0.15, 0.2) is 0 Å². The molecule has 8 aromatic carbocycles. The molecule has 9 aromatic rings. The topological polar surface area (TPSA) is 42.3 Å². The van der Waals surface area contributed by atoms with Crippen molar-refractivity contribution < 1.29 is 9.59 Å². The van der Waals surface area contributed by atoms with E-state index in [1.807, 2.05) is 12.1 Å². The van der Waals surface area contributed by atoms with Crippen molar-refractivity contribution >= 4 is 82.4 Å². The molecule has 64 heavy (non-hydrogen) atoms. The Labute approximate surface area is 378 Å². The maximum atomic E-state index is 14.8. The summed E-state index contributed by atoms with van der Waals surface area (Å²) in [4.78, 5) is 31.2. The second-order valence-electron chi connectivity index (χ2n) is 19.3. The number of carbonyl (C=O) groups excluding carboxylic acids is 2. The molecular weight excluding hydrogens is 781 g/mol. The molecule has 0 radical (unpaired) electrons. The minimum atomic E-state index is -0.249. The van der Waals surface area contributed by atoms with Gasteiger partial charge in [-0.3, -0.25) is 9.59 Å². The first kappa shape index (κ1) is 42.0. The van der Waals surface area contributed by atoms with Crippen molar-refractivity contribution in [1.82, 2.24) is 4.57 Å². The van der Waals surface area contributed by atoms with E-state index in [1.54, 1.807) is 0 Å². The van der Waals surface area contributed by atoms with Crippen molar-refractivity contribution in [3.05, 3.63) is 143 Å². The quantitative estimate of drug-likeness (QED) is 0.0421. The summed E-state index contributed by atoms with van der Waals surface area (Å²) >= 11 is 0. The number of carbonyl (C=O) groups is 2. The van der Waals surface area contributed by atoms with Crippen LogP contribution in [0.1, 0.15) is 161 Å². The number of para-hydroxylation sites is 1. The van der Waals surface area contributed by atoms with E-state index < -0.39 is 0 Å². The Hall–Kier alpha value is -6.00. The van der Waals surface area contributed by atoms with Gasteiger partial charge in [0.1, 0.15) is 0 Å². The number of rotatable bonds is 16. The molecular formula is C60H62N2O2. The van der Waals surface area contributed by atoms with Crippen LogP contribution in [0.4, 0.5) is 5.69 Å². The van der Waals surface area contributed by atoms with Crippen LogP contribution in [0.5, 0.6) is 0 Å². The lowest BCUT2D eigenvalue weighted by molar-refractivity contribution is 0.0893. The Balaban J connectivity index is 1.13. The molecule has 0 atom stereocenters. The van der Waals surface area contributed by atoms with Gasteiger partial charge >= 0.3 is 0 Å². The third-order valence-electron chi connectivity index (χ3n) is 14.5. The SMILES string of the molecule is CCCCCCCc1ccc2c(c1)c1cc(CCCCCCC)ccc1n2-c1ccc2c3ccc4c5c(ccc(c6cccc1c62)c53)C(=O)N(c1c(C(C)C)cccc1C(C)C)C4=O. The number of anilines is 1. The number of amides is 2. The smallest absolute Gasteiger partial charge is 0.266 e. The first-order valence-corrected chi connectivity index (χ1v) is 24.5. The monoisotopic (exact) mass is 842 g/mol. The molecule has 1 aliphatic heterocycles. The highest BCUT2D eigenvalue weighted by molar-refractivity contribution is 6.42. The molecule has 4 nitrogen and oxygen atoms in total. The minimum Gasteiger partial charge on any atom is -0.309 e. The molecule has 2 heterocycles. The number of aryl methyl sites for hydroxylation is 2. The summed E-state index contributed by atoms with van der Waals surface area (Å²) in [5.74, 6) is -0.219. The normalized spacial score (nSPS) is 13.3. The van der Waals surface area contributed by atoms with Crippen molar-refractivity contribution in [3.8, 4) is 5.69 Å². The second-order valence-corrected chi connectivity index (χ2v) is 19.3. The molecule has 0 aliphatic carbocycles. The summed E-state index contributed by atoms with van der Waals surface area (Å²) in [5.41, 5.74) is 10.4. The average Bonchev–Trinajstić information content (AvgIpc) is 3.62. The maximum absolute atomic E-state index is 14.8. The molecule has 2 amide bonds. The average molecular weight is 843 g/mol. The Morgan fingerprint density at radius 1 is 0.438 bits per heavy atom. The number of hydrogen-bond acceptors (Lipinski definition) is 2. The molecule has 4 heteroatoms. The number of aromatic nitrogens is 1. The number of imide groups is 1. The largest absolute Gasteiger partial charge is 0.309 e. The zero-order chi connectivity index (χ0) is 44.2. The van der Waals surface area contributed by atoms with Gasteiger partial charge in [-0.25, -0.2) is 4.90 Å². The van der Waals surface area contributed by atoms with Gasteiger partial charge < -0.3 is 4.57 Å². The lowest BCUT2D eigenvalue weighted by Gasteiger charge is -2.32. The molecule has 0 N–H and O–H groups in total. The van der Waals surface area contributed by atoms with Crippen LogP contribution < -0.4 is 4.90 Å². The third kappa shape index (κ3) is 6.87. The minimum absolute atomic E-state index is 0.139. The summed E-state index contributed by atoms with van der Waals surface area (Å²) in [5, 5.41) is 11.2. The highest BCUT2D eigenvalue weighted by atomic mass is 16.2. The molecule has 1 aliphatic rings. The van der Waals surface area contributed by atoms with Gasteiger partial charge in [0.2, 0.25) is 0 Å². The fraction of sp³-hybridized carbons (Fsp3) is 0.333. The van der Waals surface area contributed by atoms with Gasteiger partial charge in [-0.1, -0.05) is 160 Å². The zero-order valence-corrected chi connectivity index (χ0v) is 38.7. The molecule has 0 saturated carbocycles. The third-order valence-corrected chi connectivity index (χ3v) is 14.5. The standard InChI is InChI=1S/C60H62N2O2/c1-7-9-11-13-15-19-39-25-32-53-50(35-39)51-36-40(20-16-14-12-10-8-2)26-33-54(51)61(53)52-34-31-44-46-28-30-49-57-48(29-27-45(56(46)57)43-23-18-24-47(52)55(43)44)59(63)62(60(49)64)58-41(37(3)4)21-17-22-42(58)38(5)6/h17-18,21-38H,7-16,19-20H2,1-6H3. The van der Waals surface area contributed by atoms with E-state index in [1.165, 1.54) is 119 Å². The Bertz CT molecular complexity index is 3090. The van der Waals surface area contributed by atoms with Crippen LogP contribution in [0.2, 0.25) is 0 Å². The maximum Gasteiger partial charge on any atom is 0.266 e. The Morgan fingerprint density at radius 2 is 0.906 bits per heavy atom. The van der Waals surface area contributed by atoms with Crippen LogP contribution in [0, 0.1) is 0 Å². The van der Waals surface area contributed by atoms with Gasteiger partial charge in [0.05, 0.1) is 22.4 Å². The highest BCUT2D eigenvalue weighted by Gasteiger charge is 2.38. The van der Waals surface area contributed by atoms with Crippen molar-refractivity contribution in [2.24, 2.45) is 0 Å². The van der Waals surface area contributed by atoms with Crippen LogP contribution in [0.15, 0.2) is 109 Å². The predicted octanol–water partition coefficient (Wildman–Crippen LogP) is 16.9. The highest BCUT2D eigenvalue weighted by Crippen LogP contribution is 2.47. The van der Waals surface area contributed by atoms with Crippen molar-refractivity contribution in [2.45, 2.75) is 130 Å². The lowest BCUT2D eigenvalue weighted by Crippen LogP contribution is -2.41. The molecule has 0 bridgehead atoms. The molecule has 0 unspecified atom stereocenters. The predicted molar refractivity (Wildman–Crippen MR) is 273 cm³/mol. The summed E-state index contributed by atoms with van der Waals surface area (Å²) < 4.78 is 2.51. The van der Waals surface area contributed by atoms with E-state index in [4.69, 9.17) is 0 Å². The molecule has 0 fully saturated rings. The summed E-state index contributed by atoms with van der Waals surface area (Å²) in [6, 6.07) is 40.1. The lowest BCUT2D eigenvalue weighted by atomic mass is 9.83. The van der Waals surface area contributed by atoms with Crippen molar-refractivity contribution in [2.75, 3.05) is 4.90 Å². The van der Waals surface area contributed by atoms with Gasteiger partial charge in [0, 0.05) is 32.7 Å². The van der Waals surface area contributed by atoms with E-state index in [2.05, 4.69) is 143 Å². The van der Waals surface area contributed by atoms with Crippen LogP contribution in [-0.4, -0.2) is 16.4 Å². The van der Waals surface area contributed by atoms with Gasteiger partial charge in [-0.05, 0) is 135 Å². The van der Waals surface area contributed by atoms with E-state index >= 15 is 0 Å². The zero-order valence-electron chi connectivity index (χ0n) is 38.7. The number of unbranched alkanes of at least 4 members (excludes halogenated alkanes) is 8. The van der Waals surface area contributed by atoms with Crippen LogP contribution >= 0.6 is 0 Å². The fourth-order valence-corrected chi connectivity index (χ4v) is 11.2. The van der Waals surface area contributed by atoms with Crippen molar-refractivity contribution in [1.29, 1.82) is 0 Å². The number of nitrogens with zero attached hydrogens (tertiary/aromatic N) is 2. The van der Waals surface area contributed by atoms with Crippen molar-refractivity contribution in [3.63, 3.8) is 0 Å². The van der Waals surface area contributed by atoms with Crippen LogP contribution in [0.25, 0.3) is 70.6 Å². The van der Waals surface area contributed by atoms with E-state index in [0.29, 0.717) is 11.1 Å². The first-order valence-electron chi connectivity index (χ1n) is 24.5. The second kappa shape index (κ2) is 17.2. The van der Waals surface area contributed by atoms with E-state index in [0.717, 1.165) is 62.0 Å². The molecule has 0 saturated heterocycles.